The first kappa shape index (κ1) is 18.7. The molecular weight excluding hydrogens is 290 g/mol. The van der Waals surface area contributed by atoms with Crippen molar-refractivity contribution in [2.24, 2.45) is 10.9 Å². The van der Waals surface area contributed by atoms with Crippen LogP contribution in [0.25, 0.3) is 0 Å². The zero-order chi connectivity index (χ0) is 17.2. The topological polar surface area (TPSA) is 70.6 Å². The zero-order valence-corrected chi connectivity index (χ0v) is 14.1. The Morgan fingerprint density at radius 1 is 1.35 bits per heavy atom. The number of carbonyl (C=O) groups is 1. The summed E-state index contributed by atoms with van der Waals surface area (Å²) in [5.74, 6) is 1.16. The lowest BCUT2D eigenvalue weighted by atomic mass is 10.0. The number of nitrogens with one attached hydrogen (secondary N) is 2. The molecule has 0 fully saturated rings. The molecule has 0 aromatic heterocycles. The molecule has 0 heterocycles. The van der Waals surface area contributed by atoms with Gasteiger partial charge in [-0.25, -0.2) is 9.79 Å². The highest BCUT2D eigenvalue weighted by Crippen LogP contribution is 2.08. The molecule has 0 saturated carbocycles. The standard InChI is InChI=1S/C18H25N3O2/c1-13(2)8-18(14(3)23)21-15(4)20-11-17-7-5-6-16(9-17)10-19-12-22/h5-7,9,13,18,20-21H,4,8,10-11H2,1-3H3. The molecular formula is C18H25N3O2. The van der Waals surface area contributed by atoms with Gasteiger partial charge < -0.3 is 10.6 Å². The maximum Gasteiger partial charge on any atom is 0.235 e. The van der Waals surface area contributed by atoms with Gasteiger partial charge in [-0.1, -0.05) is 44.7 Å². The summed E-state index contributed by atoms with van der Waals surface area (Å²) >= 11 is 0. The summed E-state index contributed by atoms with van der Waals surface area (Å²) in [6.07, 6.45) is 2.31. The van der Waals surface area contributed by atoms with Gasteiger partial charge in [-0.05, 0) is 30.4 Å². The van der Waals surface area contributed by atoms with E-state index in [1.807, 2.05) is 24.3 Å². The zero-order valence-electron chi connectivity index (χ0n) is 14.1. The Labute approximate surface area is 137 Å². The first-order valence-electron chi connectivity index (χ1n) is 7.73. The van der Waals surface area contributed by atoms with Crippen molar-refractivity contribution in [3.8, 4) is 0 Å². The van der Waals surface area contributed by atoms with E-state index in [4.69, 9.17) is 0 Å². The van der Waals surface area contributed by atoms with E-state index in [0.29, 0.717) is 24.8 Å². The maximum absolute atomic E-state index is 11.7. The molecule has 5 nitrogen and oxygen atoms in total. The summed E-state index contributed by atoms with van der Waals surface area (Å²) < 4.78 is 0. The summed E-state index contributed by atoms with van der Waals surface area (Å²) in [5.41, 5.74) is 2.00. The molecule has 0 radical (unpaired) electrons. The smallest absolute Gasteiger partial charge is 0.235 e. The lowest BCUT2D eigenvalue weighted by molar-refractivity contribution is -0.119. The molecule has 0 amide bonds. The van der Waals surface area contributed by atoms with Crippen LogP contribution in [-0.2, 0) is 22.7 Å². The predicted octanol–water partition coefficient (Wildman–Crippen LogP) is 2.68. The highest BCUT2D eigenvalue weighted by molar-refractivity contribution is 5.81. The van der Waals surface area contributed by atoms with Crippen molar-refractivity contribution in [3.63, 3.8) is 0 Å². The van der Waals surface area contributed by atoms with Crippen molar-refractivity contribution in [1.82, 2.24) is 10.6 Å². The second kappa shape index (κ2) is 9.59. The fourth-order valence-electron chi connectivity index (χ4n) is 2.23. The van der Waals surface area contributed by atoms with E-state index in [1.165, 1.54) is 6.08 Å². The molecule has 5 heteroatoms. The summed E-state index contributed by atoms with van der Waals surface area (Å²) in [6, 6.07) is 7.55. The van der Waals surface area contributed by atoms with Crippen LogP contribution in [0.4, 0.5) is 0 Å². The highest BCUT2D eigenvalue weighted by atomic mass is 16.1. The third kappa shape index (κ3) is 7.43. The number of isocyanates is 1. The Bertz CT molecular complexity index is 590. The van der Waals surface area contributed by atoms with Gasteiger partial charge in [0.25, 0.3) is 0 Å². The quantitative estimate of drug-likeness (QED) is 0.514. The number of hydrogen-bond donors (Lipinski definition) is 2. The normalized spacial score (nSPS) is 11.5. The molecule has 1 unspecified atom stereocenters. The summed E-state index contributed by atoms with van der Waals surface area (Å²) in [4.78, 5) is 25.4. The Hall–Kier alpha value is -2.39. The lowest BCUT2D eigenvalue weighted by Crippen LogP contribution is -2.39. The number of carbonyl (C=O) groups excluding carboxylic acids is 2. The van der Waals surface area contributed by atoms with Gasteiger partial charge in [0, 0.05) is 6.54 Å². The van der Waals surface area contributed by atoms with Gasteiger partial charge in [-0.3, -0.25) is 4.79 Å². The summed E-state index contributed by atoms with van der Waals surface area (Å²) in [5, 5.41) is 6.32. The maximum atomic E-state index is 11.7. The molecule has 1 atom stereocenters. The van der Waals surface area contributed by atoms with E-state index in [-0.39, 0.29) is 11.8 Å². The first-order chi connectivity index (χ1) is 10.9. The van der Waals surface area contributed by atoms with E-state index in [1.54, 1.807) is 6.92 Å². The number of Topliss-reactive ketones (excluding diaryl/α,β-unsaturated/α-hetero) is 1. The van der Waals surface area contributed by atoms with E-state index in [9.17, 15) is 9.59 Å². The molecule has 1 rings (SSSR count). The van der Waals surface area contributed by atoms with Crippen LogP contribution in [-0.4, -0.2) is 17.9 Å². The van der Waals surface area contributed by atoms with Crippen molar-refractivity contribution >= 4 is 11.9 Å². The van der Waals surface area contributed by atoms with Gasteiger partial charge in [-0.15, -0.1) is 0 Å². The number of aliphatic imine (C=N–C) groups is 1. The Morgan fingerprint density at radius 2 is 2.04 bits per heavy atom. The Morgan fingerprint density at radius 3 is 2.65 bits per heavy atom. The molecule has 0 aliphatic heterocycles. The number of ketones is 1. The predicted molar refractivity (Wildman–Crippen MR) is 91.3 cm³/mol. The minimum atomic E-state index is -0.219. The number of hydrogen-bond acceptors (Lipinski definition) is 5. The van der Waals surface area contributed by atoms with E-state index in [0.717, 1.165) is 17.5 Å². The van der Waals surface area contributed by atoms with Crippen LogP contribution < -0.4 is 10.6 Å². The molecule has 1 aromatic carbocycles. The van der Waals surface area contributed by atoms with Crippen molar-refractivity contribution in [1.29, 1.82) is 0 Å². The van der Waals surface area contributed by atoms with Crippen LogP contribution in [0.15, 0.2) is 41.7 Å². The SMILES string of the molecule is C=C(NCc1cccc(CN=C=O)c1)NC(CC(C)C)C(C)=O. The molecule has 23 heavy (non-hydrogen) atoms. The van der Waals surface area contributed by atoms with Gasteiger partial charge in [0.05, 0.1) is 18.4 Å². The summed E-state index contributed by atoms with van der Waals surface area (Å²) in [6.45, 7) is 10.6. The third-order valence-electron chi connectivity index (χ3n) is 3.37. The first-order valence-corrected chi connectivity index (χ1v) is 7.73. The van der Waals surface area contributed by atoms with Crippen molar-refractivity contribution in [2.45, 2.75) is 46.3 Å². The molecule has 1 aromatic rings. The van der Waals surface area contributed by atoms with Gasteiger partial charge in [0.2, 0.25) is 6.08 Å². The minimum absolute atomic E-state index is 0.107. The largest absolute Gasteiger partial charge is 0.368 e. The Kier molecular flexibility index (Phi) is 7.78. The van der Waals surface area contributed by atoms with Gasteiger partial charge in [0.1, 0.15) is 0 Å². The van der Waals surface area contributed by atoms with Crippen molar-refractivity contribution < 1.29 is 9.59 Å². The fraction of sp³-hybridized carbons (Fsp3) is 0.444. The average Bonchev–Trinajstić information content (AvgIpc) is 2.50. The molecule has 0 spiro atoms. The second-order valence-electron chi connectivity index (χ2n) is 6.00. The van der Waals surface area contributed by atoms with E-state index in [2.05, 4.69) is 36.1 Å². The van der Waals surface area contributed by atoms with Crippen molar-refractivity contribution in [2.75, 3.05) is 0 Å². The van der Waals surface area contributed by atoms with E-state index >= 15 is 0 Å². The lowest BCUT2D eigenvalue weighted by Gasteiger charge is -2.21. The minimum Gasteiger partial charge on any atom is -0.368 e. The van der Waals surface area contributed by atoms with Gasteiger partial charge >= 0.3 is 0 Å². The molecule has 2 N–H and O–H groups in total. The Balaban J connectivity index is 2.55. The van der Waals surface area contributed by atoms with Crippen molar-refractivity contribution in [3.05, 3.63) is 47.8 Å². The fourth-order valence-corrected chi connectivity index (χ4v) is 2.23. The van der Waals surface area contributed by atoms with Crippen LogP contribution >= 0.6 is 0 Å². The van der Waals surface area contributed by atoms with E-state index < -0.39 is 0 Å². The molecule has 124 valence electrons. The number of rotatable bonds is 10. The highest BCUT2D eigenvalue weighted by Gasteiger charge is 2.15. The second-order valence-corrected chi connectivity index (χ2v) is 6.00. The number of nitrogens with zero attached hydrogens (tertiary/aromatic N) is 1. The molecule has 0 aliphatic rings. The monoisotopic (exact) mass is 315 g/mol. The molecule has 0 aliphatic carbocycles. The van der Waals surface area contributed by atoms with Crippen LogP contribution in [0.1, 0.15) is 38.3 Å². The average molecular weight is 315 g/mol. The number of benzene rings is 1. The van der Waals surface area contributed by atoms with Gasteiger partial charge in [0.15, 0.2) is 5.78 Å². The van der Waals surface area contributed by atoms with Crippen LogP contribution in [0, 0.1) is 5.92 Å². The molecule has 0 bridgehead atoms. The van der Waals surface area contributed by atoms with Crippen LogP contribution in [0.3, 0.4) is 0 Å². The van der Waals surface area contributed by atoms with Crippen LogP contribution in [0.2, 0.25) is 0 Å². The molecule has 0 saturated heterocycles. The summed E-state index contributed by atoms with van der Waals surface area (Å²) in [7, 11) is 0. The van der Waals surface area contributed by atoms with Gasteiger partial charge in [-0.2, -0.15) is 0 Å². The third-order valence-corrected chi connectivity index (χ3v) is 3.37. The van der Waals surface area contributed by atoms with Crippen LogP contribution in [0.5, 0.6) is 0 Å².